The number of rotatable bonds is 4. The molecule has 1 aliphatic rings. The number of carbonyl (C=O) groups excluding carboxylic acids is 1. The van der Waals surface area contributed by atoms with Crippen LogP contribution in [0, 0.1) is 0 Å². The normalized spacial score (nSPS) is 16.3. The van der Waals surface area contributed by atoms with Crippen LogP contribution in [0.4, 0.5) is 5.69 Å². The molecule has 1 atom stereocenters. The standard InChI is InChI=1S/C14H21N3O/c1-9(2)16-8-12(15)10-3-5-13-11(7-10)4-6-14(18)17-13/h3,5,7,9,12,16H,4,6,8,15H2,1-2H3,(H,17,18). The predicted octanol–water partition coefficient (Wildman–Crippen LogP) is 1.57. The fraction of sp³-hybridized carbons (Fsp3) is 0.500. The van der Waals surface area contributed by atoms with Crippen LogP contribution in [0.25, 0.3) is 0 Å². The summed E-state index contributed by atoms with van der Waals surface area (Å²) < 4.78 is 0. The van der Waals surface area contributed by atoms with E-state index in [2.05, 4.69) is 30.5 Å². The first-order valence-electron chi connectivity index (χ1n) is 6.48. The molecule has 18 heavy (non-hydrogen) atoms. The number of nitrogens with two attached hydrogens (primary N) is 1. The lowest BCUT2D eigenvalue weighted by Gasteiger charge is -2.20. The number of hydrogen-bond donors (Lipinski definition) is 3. The van der Waals surface area contributed by atoms with Gasteiger partial charge in [-0.3, -0.25) is 4.79 Å². The fourth-order valence-corrected chi connectivity index (χ4v) is 2.11. The summed E-state index contributed by atoms with van der Waals surface area (Å²) in [5, 5.41) is 6.22. The first kappa shape index (κ1) is 13.1. The molecule has 1 unspecified atom stereocenters. The second-order valence-corrected chi connectivity index (χ2v) is 5.13. The molecule has 0 saturated carbocycles. The van der Waals surface area contributed by atoms with Crippen molar-refractivity contribution >= 4 is 11.6 Å². The van der Waals surface area contributed by atoms with E-state index in [9.17, 15) is 4.79 Å². The highest BCUT2D eigenvalue weighted by atomic mass is 16.1. The Hall–Kier alpha value is -1.39. The van der Waals surface area contributed by atoms with Gasteiger partial charge in [0, 0.05) is 30.7 Å². The maximum Gasteiger partial charge on any atom is 0.224 e. The number of benzene rings is 1. The van der Waals surface area contributed by atoms with E-state index in [1.807, 2.05) is 12.1 Å². The number of anilines is 1. The molecule has 98 valence electrons. The number of fused-ring (bicyclic) bond motifs is 1. The van der Waals surface area contributed by atoms with Gasteiger partial charge in [-0.05, 0) is 23.6 Å². The van der Waals surface area contributed by atoms with Crippen LogP contribution in [0.3, 0.4) is 0 Å². The Balaban J connectivity index is 2.08. The lowest BCUT2D eigenvalue weighted by Crippen LogP contribution is -2.31. The Morgan fingerprint density at radius 3 is 2.89 bits per heavy atom. The minimum absolute atomic E-state index is 0.00433. The van der Waals surface area contributed by atoms with E-state index in [0.717, 1.165) is 24.2 Å². The van der Waals surface area contributed by atoms with Crippen LogP contribution in [0.1, 0.15) is 37.4 Å². The SMILES string of the molecule is CC(C)NCC(N)c1ccc2c(c1)CCC(=O)N2. The lowest BCUT2D eigenvalue weighted by atomic mass is 9.97. The van der Waals surface area contributed by atoms with Gasteiger partial charge in [0.2, 0.25) is 5.91 Å². The zero-order valence-corrected chi connectivity index (χ0v) is 11.0. The van der Waals surface area contributed by atoms with Crippen LogP contribution in [0.5, 0.6) is 0 Å². The Morgan fingerprint density at radius 1 is 1.39 bits per heavy atom. The summed E-state index contributed by atoms with van der Waals surface area (Å²) in [5.74, 6) is 0.0982. The molecule has 1 aliphatic heterocycles. The summed E-state index contributed by atoms with van der Waals surface area (Å²) in [6.45, 7) is 4.98. The Labute approximate surface area is 108 Å². The van der Waals surface area contributed by atoms with Crippen LogP contribution >= 0.6 is 0 Å². The zero-order chi connectivity index (χ0) is 13.1. The highest BCUT2D eigenvalue weighted by Crippen LogP contribution is 2.25. The Kier molecular flexibility index (Phi) is 3.99. The number of hydrogen-bond acceptors (Lipinski definition) is 3. The van der Waals surface area contributed by atoms with E-state index in [1.54, 1.807) is 0 Å². The molecular formula is C14H21N3O. The molecule has 0 radical (unpaired) electrons. The van der Waals surface area contributed by atoms with E-state index in [0.29, 0.717) is 12.5 Å². The Morgan fingerprint density at radius 2 is 2.17 bits per heavy atom. The van der Waals surface area contributed by atoms with Crippen molar-refractivity contribution in [2.45, 2.75) is 38.8 Å². The zero-order valence-electron chi connectivity index (χ0n) is 11.0. The molecule has 1 aromatic carbocycles. The highest BCUT2D eigenvalue weighted by Gasteiger charge is 2.16. The quantitative estimate of drug-likeness (QED) is 0.756. The minimum Gasteiger partial charge on any atom is -0.326 e. The molecule has 0 spiro atoms. The third-order valence-corrected chi connectivity index (χ3v) is 3.20. The third kappa shape index (κ3) is 3.09. The van der Waals surface area contributed by atoms with E-state index < -0.39 is 0 Å². The van der Waals surface area contributed by atoms with Crippen molar-refractivity contribution in [3.8, 4) is 0 Å². The summed E-state index contributed by atoms with van der Waals surface area (Å²) in [5.41, 5.74) is 9.39. The third-order valence-electron chi connectivity index (χ3n) is 3.20. The van der Waals surface area contributed by atoms with Crippen molar-refractivity contribution < 1.29 is 4.79 Å². The first-order chi connectivity index (χ1) is 8.56. The molecule has 0 aliphatic carbocycles. The van der Waals surface area contributed by atoms with Crippen LogP contribution < -0.4 is 16.4 Å². The molecule has 2 rings (SSSR count). The van der Waals surface area contributed by atoms with Crippen molar-refractivity contribution in [2.75, 3.05) is 11.9 Å². The van der Waals surface area contributed by atoms with Crippen LogP contribution in [-0.2, 0) is 11.2 Å². The van der Waals surface area contributed by atoms with Crippen LogP contribution in [-0.4, -0.2) is 18.5 Å². The van der Waals surface area contributed by atoms with Gasteiger partial charge >= 0.3 is 0 Å². The summed E-state index contributed by atoms with van der Waals surface area (Å²) >= 11 is 0. The maximum absolute atomic E-state index is 11.3. The number of carbonyl (C=O) groups is 1. The van der Waals surface area contributed by atoms with Gasteiger partial charge in [-0.15, -0.1) is 0 Å². The summed E-state index contributed by atoms with van der Waals surface area (Å²) in [4.78, 5) is 11.3. The molecule has 1 heterocycles. The largest absolute Gasteiger partial charge is 0.326 e. The van der Waals surface area contributed by atoms with E-state index in [4.69, 9.17) is 5.73 Å². The van der Waals surface area contributed by atoms with Crippen LogP contribution in [0.15, 0.2) is 18.2 Å². The van der Waals surface area contributed by atoms with Crippen molar-refractivity contribution in [3.05, 3.63) is 29.3 Å². The molecule has 0 fully saturated rings. The van der Waals surface area contributed by atoms with Crippen molar-refractivity contribution in [1.29, 1.82) is 0 Å². The predicted molar refractivity (Wildman–Crippen MR) is 73.5 cm³/mol. The van der Waals surface area contributed by atoms with Gasteiger partial charge in [0.25, 0.3) is 0 Å². The molecule has 4 heteroatoms. The molecule has 1 amide bonds. The molecule has 0 bridgehead atoms. The molecular weight excluding hydrogens is 226 g/mol. The van der Waals surface area contributed by atoms with E-state index in [1.165, 1.54) is 5.56 Å². The second-order valence-electron chi connectivity index (χ2n) is 5.13. The topological polar surface area (TPSA) is 67.1 Å². The fourth-order valence-electron chi connectivity index (χ4n) is 2.11. The number of nitrogens with one attached hydrogen (secondary N) is 2. The van der Waals surface area contributed by atoms with Crippen molar-refractivity contribution in [1.82, 2.24) is 5.32 Å². The van der Waals surface area contributed by atoms with E-state index in [-0.39, 0.29) is 11.9 Å². The number of amides is 1. The van der Waals surface area contributed by atoms with Crippen LogP contribution in [0.2, 0.25) is 0 Å². The van der Waals surface area contributed by atoms with Gasteiger partial charge < -0.3 is 16.4 Å². The van der Waals surface area contributed by atoms with Crippen molar-refractivity contribution in [2.24, 2.45) is 5.73 Å². The Bertz CT molecular complexity index is 443. The van der Waals surface area contributed by atoms with Gasteiger partial charge in [-0.1, -0.05) is 26.0 Å². The maximum atomic E-state index is 11.3. The smallest absolute Gasteiger partial charge is 0.224 e. The average Bonchev–Trinajstić information content (AvgIpc) is 2.35. The van der Waals surface area contributed by atoms with Gasteiger partial charge in [0.05, 0.1) is 0 Å². The molecule has 4 N–H and O–H groups in total. The monoisotopic (exact) mass is 247 g/mol. The van der Waals surface area contributed by atoms with Gasteiger partial charge in [0.15, 0.2) is 0 Å². The summed E-state index contributed by atoms with van der Waals surface area (Å²) in [7, 11) is 0. The van der Waals surface area contributed by atoms with Gasteiger partial charge in [0.1, 0.15) is 0 Å². The summed E-state index contributed by atoms with van der Waals surface area (Å²) in [6, 6.07) is 6.50. The minimum atomic E-state index is -0.00433. The highest BCUT2D eigenvalue weighted by molar-refractivity contribution is 5.93. The van der Waals surface area contributed by atoms with Gasteiger partial charge in [-0.25, -0.2) is 0 Å². The molecule has 1 aromatic rings. The molecule has 0 saturated heterocycles. The van der Waals surface area contributed by atoms with E-state index >= 15 is 0 Å². The summed E-state index contributed by atoms with van der Waals surface area (Å²) in [6.07, 6.45) is 1.37. The number of aryl methyl sites for hydroxylation is 1. The molecule has 4 nitrogen and oxygen atoms in total. The van der Waals surface area contributed by atoms with Gasteiger partial charge in [-0.2, -0.15) is 0 Å². The first-order valence-corrected chi connectivity index (χ1v) is 6.48. The molecule has 0 aromatic heterocycles. The van der Waals surface area contributed by atoms with Crippen molar-refractivity contribution in [3.63, 3.8) is 0 Å². The second kappa shape index (κ2) is 5.50. The lowest BCUT2D eigenvalue weighted by molar-refractivity contribution is -0.116. The average molecular weight is 247 g/mol.